The summed E-state index contributed by atoms with van der Waals surface area (Å²) in [5.41, 5.74) is 1.18. The van der Waals surface area contributed by atoms with Crippen LogP contribution in [-0.2, 0) is 16.0 Å². The molecule has 2 nitrogen and oxygen atoms in total. The number of ketones is 1. The van der Waals surface area contributed by atoms with Crippen LogP contribution in [0.2, 0.25) is 0 Å². The van der Waals surface area contributed by atoms with E-state index in [1.165, 1.54) is 18.4 Å². The molecule has 0 radical (unpaired) electrons. The Labute approximate surface area is 115 Å². The molecule has 3 atom stereocenters. The molecule has 102 valence electrons. The second kappa shape index (κ2) is 5.09. The van der Waals surface area contributed by atoms with Gasteiger partial charge in [-0.05, 0) is 44.1 Å². The third-order valence-corrected chi connectivity index (χ3v) is 5.14. The molecule has 19 heavy (non-hydrogen) atoms. The van der Waals surface area contributed by atoms with Gasteiger partial charge in [-0.3, -0.25) is 4.79 Å². The average Bonchev–Trinajstić information content (AvgIpc) is 2.97. The summed E-state index contributed by atoms with van der Waals surface area (Å²) in [5.74, 6) is 0.830. The molecule has 0 aromatic heterocycles. The Morgan fingerprint density at radius 2 is 2.16 bits per heavy atom. The maximum Gasteiger partial charge on any atom is 0.138 e. The van der Waals surface area contributed by atoms with E-state index in [1.54, 1.807) is 6.92 Å². The van der Waals surface area contributed by atoms with Gasteiger partial charge in [-0.1, -0.05) is 36.8 Å². The van der Waals surface area contributed by atoms with Crippen molar-refractivity contribution in [3.63, 3.8) is 0 Å². The van der Waals surface area contributed by atoms with Crippen LogP contribution in [0.15, 0.2) is 30.3 Å². The van der Waals surface area contributed by atoms with Gasteiger partial charge in [0.1, 0.15) is 5.78 Å². The molecule has 0 spiro atoms. The van der Waals surface area contributed by atoms with E-state index in [-0.39, 0.29) is 11.5 Å². The Morgan fingerprint density at radius 1 is 1.37 bits per heavy atom. The first-order chi connectivity index (χ1) is 9.23. The predicted octanol–water partition coefficient (Wildman–Crippen LogP) is 3.39. The molecule has 0 amide bonds. The summed E-state index contributed by atoms with van der Waals surface area (Å²) in [6, 6.07) is 10.5. The Morgan fingerprint density at radius 3 is 2.89 bits per heavy atom. The molecule has 1 aliphatic carbocycles. The van der Waals surface area contributed by atoms with Crippen LogP contribution in [0.3, 0.4) is 0 Å². The van der Waals surface area contributed by atoms with Crippen molar-refractivity contribution >= 4 is 5.78 Å². The predicted molar refractivity (Wildman–Crippen MR) is 75.0 cm³/mol. The normalized spacial score (nSPS) is 33.3. The molecule has 1 heterocycles. The number of Topliss-reactive ketones (excluding diaryl/α,β-unsaturated/α-hetero) is 1. The summed E-state index contributed by atoms with van der Waals surface area (Å²) in [4.78, 5) is 12.2. The van der Waals surface area contributed by atoms with Gasteiger partial charge in [0.05, 0.1) is 18.1 Å². The van der Waals surface area contributed by atoms with Crippen molar-refractivity contribution in [2.24, 2.45) is 11.3 Å². The number of ether oxygens (including phenoxy) is 1. The van der Waals surface area contributed by atoms with Gasteiger partial charge in [0.25, 0.3) is 0 Å². The number of carbonyl (C=O) groups is 1. The van der Waals surface area contributed by atoms with Crippen molar-refractivity contribution in [2.75, 3.05) is 6.61 Å². The maximum absolute atomic E-state index is 12.2. The van der Waals surface area contributed by atoms with Crippen molar-refractivity contribution in [3.05, 3.63) is 35.9 Å². The number of fused-ring (bicyclic) bond motifs is 1. The molecule has 0 N–H and O–H groups in total. The highest BCUT2D eigenvalue weighted by Crippen LogP contribution is 2.53. The zero-order valence-electron chi connectivity index (χ0n) is 11.6. The van der Waals surface area contributed by atoms with Crippen LogP contribution in [-0.4, -0.2) is 18.5 Å². The molecule has 0 bridgehead atoms. The first-order valence-corrected chi connectivity index (χ1v) is 7.40. The smallest absolute Gasteiger partial charge is 0.138 e. The molecule has 1 aromatic carbocycles. The highest BCUT2D eigenvalue weighted by Gasteiger charge is 2.56. The Kier molecular flexibility index (Phi) is 3.44. The van der Waals surface area contributed by atoms with E-state index in [2.05, 4.69) is 24.3 Å². The Balaban J connectivity index is 1.72. The fourth-order valence-corrected chi connectivity index (χ4v) is 4.11. The summed E-state index contributed by atoms with van der Waals surface area (Å²) in [7, 11) is 0. The quantitative estimate of drug-likeness (QED) is 0.827. The van der Waals surface area contributed by atoms with Crippen LogP contribution in [0.5, 0.6) is 0 Å². The average molecular weight is 258 g/mol. The van der Waals surface area contributed by atoms with Gasteiger partial charge >= 0.3 is 0 Å². The second-order valence-corrected chi connectivity index (χ2v) is 6.03. The standard InChI is InChI=1S/C17H22O2/c1-13(18)17-11-5-8-15(17)12-19-16(17)10-9-14-6-3-2-4-7-14/h2-4,6-7,15-16H,5,8-12H2,1H3/t15-,16+,17+/m1/s1. The molecule has 2 aliphatic rings. The van der Waals surface area contributed by atoms with Crippen LogP contribution < -0.4 is 0 Å². The van der Waals surface area contributed by atoms with Crippen LogP contribution >= 0.6 is 0 Å². The largest absolute Gasteiger partial charge is 0.377 e. The highest BCUT2D eigenvalue weighted by atomic mass is 16.5. The summed E-state index contributed by atoms with van der Waals surface area (Å²) >= 11 is 0. The van der Waals surface area contributed by atoms with E-state index < -0.39 is 0 Å². The summed E-state index contributed by atoms with van der Waals surface area (Å²) in [5, 5.41) is 0. The van der Waals surface area contributed by atoms with Gasteiger partial charge in [-0.15, -0.1) is 0 Å². The van der Waals surface area contributed by atoms with Gasteiger partial charge in [0.15, 0.2) is 0 Å². The first kappa shape index (κ1) is 12.9. The van der Waals surface area contributed by atoms with E-state index in [1.807, 2.05) is 6.07 Å². The zero-order valence-corrected chi connectivity index (χ0v) is 11.6. The fourth-order valence-electron chi connectivity index (χ4n) is 4.11. The molecule has 1 aromatic rings. The molecule has 2 fully saturated rings. The van der Waals surface area contributed by atoms with Crippen molar-refractivity contribution < 1.29 is 9.53 Å². The minimum atomic E-state index is -0.158. The van der Waals surface area contributed by atoms with Crippen LogP contribution in [0.4, 0.5) is 0 Å². The fraction of sp³-hybridized carbons (Fsp3) is 0.588. The number of rotatable bonds is 4. The third kappa shape index (κ3) is 2.12. The summed E-state index contributed by atoms with van der Waals surface area (Å²) < 4.78 is 5.99. The monoisotopic (exact) mass is 258 g/mol. The number of benzene rings is 1. The Hall–Kier alpha value is -1.15. The minimum absolute atomic E-state index is 0.137. The Bertz CT molecular complexity index is 454. The molecule has 3 rings (SSSR count). The van der Waals surface area contributed by atoms with Crippen LogP contribution in [0, 0.1) is 11.3 Å². The molecule has 0 unspecified atom stereocenters. The lowest BCUT2D eigenvalue weighted by atomic mass is 9.71. The minimum Gasteiger partial charge on any atom is -0.377 e. The number of hydrogen-bond acceptors (Lipinski definition) is 2. The van der Waals surface area contributed by atoms with Crippen LogP contribution in [0.25, 0.3) is 0 Å². The van der Waals surface area contributed by atoms with Gasteiger partial charge in [0.2, 0.25) is 0 Å². The number of carbonyl (C=O) groups excluding carboxylic acids is 1. The lowest BCUT2D eigenvalue weighted by molar-refractivity contribution is -0.130. The first-order valence-electron chi connectivity index (χ1n) is 7.40. The van der Waals surface area contributed by atoms with E-state index >= 15 is 0 Å². The van der Waals surface area contributed by atoms with E-state index in [0.717, 1.165) is 25.9 Å². The maximum atomic E-state index is 12.2. The third-order valence-electron chi connectivity index (χ3n) is 5.14. The second-order valence-electron chi connectivity index (χ2n) is 6.03. The van der Waals surface area contributed by atoms with Gasteiger partial charge in [-0.25, -0.2) is 0 Å². The van der Waals surface area contributed by atoms with Crippen molar-refractivity contribution in [1.29, 1.82) is 0 Å². The highest BCUT2D eigenvalue weighted by molar-refractivity contribution is 5.84. The topological polar surface area (TPSA) is 26.3 Å². The van der Waals surface area contributed by atoms with Gasteiger partial charge < -0.3 is 4.74 Å². The molecule has 1 saturated carbocycles. The molecular weight excluding hydrogens is 236 g/mol. The summed E-state index contributed by atoms with van der Waals surface area (Å²) in [6.45, 7) is 2.56. The van der Waals surface area contributed by atoms with Crippen molar-refractivity contribution in [3.8, 4) is 0 Å². The number of aryl methyl sites for hydroxylation is 1. The number of hydrogen-bond donors (Lipinski definition) is 0. The lowest BCUT2D eigenvalue weighted by Gasteiger charge is -2.31. The van der Waals surface area contributed by atoms with E-state index in [9.17, 15) is 4.79 Å². The zero-order chi connectivity index (χ0) is 13.3. The van der Waals surface area contributed by atoms with Crippen LogP contribution in [0.1, 0.15) is 38.2 Å². The molecule has 2 heteroatoms. The van der Waals surface area contributed by atoms with Gasteiger partial charge in [0, 0.05) is 0 Å². The lowest BCUT2D eigenvalue weighted by Crippen LogP contribution is -2.39. The van der Waals surface area contributed by atoms with Crippen molar-refractivity contribution in [2.45, 2.75) is 45.1 Å². The SMILES string of the molecule is CC(=O)[C@@]12CCC[C@@H]1CO[C@H]2CCc1ccccc1. The van der Waals surface area contributed by atoms with E-state index in [4.69, 9.17) is 4.74 Å². The molecular formula is C17H22O2. The summed E-state index contributed by atoms with van der Waals surface area (Å²) in [6.07, 6.45) is 5.51. The van der Waals surface area contributed by atoms with Gasteiger partial charge in [-0.2, -0.15) is 0 Å². The molecule has 1 aliphatic heterocycles. The molecule has 1 saturated heterocycles. The van der Waals surface area contributed by atoms with Crippen molar-refractivity contribution in [1.82, 2.24) is 0 Å². The van der Waals surface area contributed by atoms with E-state index in [0.29, 0.717) is 11.7 Å².